The van der Waals surface area contributed by atoms with Gasteiger partial charge in [-0.2, -0.15) is 4.98 Å². The van der Waals surface area contributed by atoms with Crippen LogP contribution < -0.4 is 10.5 Å². The Morgan fingerprint density at radius 2 is 2.07 bits per heavy atom. The number of piperidine rings is 1. The number of rotatable bonds is 8. The molecule has 1 aromatic carbocycles. The fourth-order valence-electron chi connectivity index (χ4n) is 3.46. The fourth-order valence-corrected chi connectivity index (χ4v) is 3.46. The van der Waals surface area contributed by atoms with Crippen LogP contribution in [-0.2, 0) is 4.79 Å². The minimum atomic E-state index is -0.125. The van der Waals surface area contributed by atoms with Crippen molar-refractivity contribution in [1.29, 1.82) is 0 Å². The smallest absolute Gasteiger partial charge is 0.249 e. The molecule has 0 bridgehead atoms. The normalized spacial score (nSPS) is 17.1. The molecule has 1 aliphatic rings. The van der Waals surface area contributed by atoms with Gasteiger partial charge in [0.05, 0.1) is 7.11 Å². The average Bonchev–Trinajstić information content (AvgIpc) is 3.21. The summed E-state index contributed by atoms with van der Waals surface area (Å²) in [6, 6.07) is 7.40. The Balaban J connectivity index is 1.69. The number of amides is 1. The zero-order valence-corrected chi connectivity index (χ0v) is 15.9. The molecule has 1 amide bonds. The predicted octanol–water partition coefficient (Wildman–Crippen LogP) is 3.32. The molecule has 146 valence electrons. The number of nitrogens with zero attached hydrogens (tertiary/aromatic N) is 3. The van der Waals surface area contributed by atoms with E-state index in [0.717, 1.165) is 56.4 Å². The van der Waals surface area contributed by atoms with Crippen molar-refractivity contribution in [2.24, 2.45) is 5.73 Å². The number of unbranched alkanes of at least 4 members (excludes halogenated alkanes) is 2. The van der Waals surface area contributed by atoms with Crippen molar-refractivity contribution in [3.05, 3.63) is 30.2 Å². The summed E-state index contributed by atoms with van der Waals surface area (Å²) in [5.41, 5.74) is 6.39. The molecule has 3 rings (SSSR count). The molecule has 1 atom stereocenters. The van der Waals surface area contributed by atoms with Crippen LogP contribution in [0.5, 0.6) is 5.75 Å². The van der Waals surface area contributed by atoms with Crippen LogP contribution in [0, 0.1) is 0 Å². The number of benzene rings is 1. The molecular formula is C20H28N4O3. The summed E-state index contributed by atoms with van der Waals surface area (Å²) in [7, 11) is 1.63. The molecule has 0 saturated carbocycles. The number of hydrogen-bond donors (Lipinski definition) is 1. The fraction of sp³-hybridized carbons (Fsp3) is 0.550. The number of carbonyl (C=O) groups excluding carboxylic acids is 1. The van der Waals surface area contributed by atoms with Crippen molar-refractivity contribution in [2.75, 3.05) is 20.2 Å². The maximum absolute atomic E-state index is 12.7. The van der Waals surface area contributed by atoms with Gasteiger partial charge in [0.2, 0.25) is 17.6 Å². The lowest BCUT2D eigenvalue weighted by Gasteiger charge is -2.33. The SMILES string of the molecule is COc1ccc(-c2noc([C@H]3CCCCN3C(=O)CCCCCN)n2)cc1. The number of hydrogen-bond acceptors (Lipinski definition) is 6. The predicted molar refractivity (Wildman–Crippen MR) is 102 cm³/mol. The summed E-state index contributed by atoms with van der Waals surface area (Å²) < 4.78 is 10.7. The van der Waals surface area contributed by atoms with Crippen LogP contribution in [0.2, 0.25) is 0 Å². The average molecular weight is 372 g/mol. The Bertz CT molecular complexity index is 729. The van der Waals surface area contributed by atoms with Crippen LogP contribution in [0.15, 0.2) is 28.8 Å². The van der Waals surface area contributed by atoms with Crippen molar-refractivity contribution in [2.45, 2.75) is 51.0 Å². The maximum Gasteiger partial charge on any atom is 0.249 e. The van der Waals surface area contributed by atoms with Crippen molar-refractivity contribution >= 4 is 5.91 Å². The van der Waals surface area contributed by atoms with Crippen LogP contribution in [0.4, 0.5) is 0 Å². The van der Waals surface area contributed by atoms with Crippen molar-refractivity contribution < 1.29 is 14.1 Å². The Morgan fingerprint density at radius 1 is 1.26 bits per heavy atom. The molecule has 0 aliphatic carbocycles. The molecule has 7 nitrogen and oxygen atoms in total. The van der Waals surface area contributed by atoms with E-state index in [4.69, 9.17) is 15.0 Å². The number of likely N-dealkylation sites (tertiary alicyclic amines) is 1. The molecule has 7 heteroatoms. The number of carbonyl (C=O) groups is 1. The van der Waals surface area contributed by atoms with E-state index in [1.165, 1.54) is 0 Å². The first-order valence-electron chi connectivity index (χ1n) is 9.70. The van der Waals surface area contributed by atoms with Crippen LogP contribution in [0.25, 0.3) is 11.4 Å². The van der Waals surface area contributed by atoms with Gasteiger partial charge in [-0.1, -0.05) is 11.6 Å². The summed E-state index contributed by atoms with van der Waals surface area (Å²) >= 11 is 0. The Hall–Kier alpha value is -2.41. The second-order valence-electron chi connectivity index (χ2n) is 6.88. The van der Waals surface area contributed by atoms with Crippen LogP contribution in [0.3, 0.4) is 0 Å². The second-order valence-corrected chi connectivity index (χ2v) is 6.88. The zero-order valence-electron chi connectivity index (χ0n) is 15.9. The topological polar surface area (TPSA) is 94.5 Å². The molecule has 2 heterocycles. The van der Waals surface area contributed by atoms with Gasteiger partial charge in [0, 0.05) is 18.5 Å². The van der Waals surface area contributed by atoms with Crippen molar-refractivity contribution in [1.82, 2.24) is 15.0 Å². The third kappa shape index (κ3) is 4.86. The summed E-state index contributed by atoms with van der Waals surface area (Å²) in [6.45, 7) is 1.43. The Kier molecular flexibility index (Phi) is 6.81. The van der Waals surface area contributed by atoms with E-state index in [1.54, 1.807) is 7.11 Å². The Morgan fingerprint density at radius 3 is 2.81 bits per heavy atom. The first kappa shape index (κ1) is 19.4. The molecule has 1 aliphatic heterocycles. The third-order valence-electron chi connectivity index (χ3n) is 4.99. The molecule has 0 unspecified atom stereocenters. The van der Waals surface area contributed by atoms with E-state index in [9.17, 15) is 4.79 Å². The van der Waals surface area contributed by atoms with Gasteiger partial charge in [-0.25, -0.2) is 0 Å². The number of ether oxygens (including phenoxy) is 1. The van der Waals surface area contributed by atoms with Gasteiger partial charge in [0.25, 0.3) is 0 Å². The summed E-state index contributed by atoms with van der Waals surface area (Å²) in [4.78, 5) is 19.2. The molecule has 0 spiro atoms. The lowest BCUT2D eigenvalue weighted by molar-refractivity contribution is -0.135. The van der Waals surface area contributed by atoms with E-state index < -0.39 is 0 Å². The summed E-state index contributed by atoms with van der Waals surface area (Å²) in [6.07, 6.45) is 6.32. The lowest BCUT2D eigenvalue weighted by Crippen LogP contribution is -2.38. The maximum atomic E-state index is 12.7. The van der Waals surface area contributed by atoms with Gasteiger partial charge in [-0.3, -0.25) is 4.79 Å². The van der Waals surface area contributed by atoms with Gasteiger partial charge in [0.15, 0.2) is 0 Å². The third-order valence-corrected chi connectivity index (χ3v) is 4.99. The quantitative estimate of drug-likeness (QED) is 0.714. The largest absolute Gasteiger partial charge is 0.497 e. The summed E-state index contributed by atoms with van der Waals surface area (Å²) in [5.74, 6) is 2.01. The van der Waals surface area contributed by atoms with Gasteiger partial charge in [0.1, 0.15) is 11.8 Å². The van der Waals surface area contributed by atoms with E-state index in [0.29, 0.717) is 24.7 Å². The first-order chi connectivity index (χ1) is 13.2. The molecule has 0 radical (unpaired) electrons. The number of methoxy groups -OCH3 is 1. The standard InChI is InChI=1S/C20H28N4O3/c1-26-16-11-9-15(10-12-16)19-22-20(27-23-19)17-7-4-6-14-24(17)18(25)8-3-2-5-13-21/h9-12,17H,2-8,13-14,21H2,1H3/t17-/m1/s1. The van der Waals surface area contributed by atoms with Crippen molar-refractivity contribution in [3.63, 3.8) is 0 Å². The van der Waals surface area contributed by atoms with Crippen molar-refractivity contribution in [3.8, 4) is 17.1 Å². The highest BCUT2D eigenvalue weighted by molar-refractivity contribution is 5.76. The Labute approximate surface area is 159 Å². The molecule has 2 aromatic rings. The second kappa shape index (κ2) is 9.50. The van der Waals surface area contributed by atoms with E-state index in [1.807, 2.05) is 29.2 Å². The van der Waals surface area contributed by atoms with Gasteiger partial charge >= 0.3 is 0 Å². The minimum absolute atomic E-state index is 0.125. The molecule has 2 N–H and O–H groups in total. The molecule has 1 aromatic heterocycles. The van der Waals surface area contributed by atoms with E-state index in [-0.39, 0.29) is 11.9 Å². The first-order valence-corrected chi connectivity index (χ1v) is 9.70. The van der Waals surface area contributed by atoms with Gasteiger partial charge in [-0.15, -0.1) is 0 Å². The molecule has 27 heavy (non-hydrogen) atoms. The van der Waals surface area contributed by atoms with Gasteiger partial charge < -0.3 is 19.9 Å². The van der Waals surface area contributed by atoms with Crippen LogP contribution in [-0.4, -0.2) is 41.1 Å². The number of nitrogens with two attached hydrogens (primary N) is 1. The highest BCUT2D eigenvalue weighted by Gasteiger charge is 2.31. The molecule has 1 saturated heterocycles. The number of aromatic nitrogens is 2. The lowest BCUT2D eigenvalue weighted by atomic mass is 10.0. The zero-order chi connectivity index (χ0) is 19.1. The summed E-state index contributed by atoms with van der Waals surface area (Å²) in [5, 5.41) is 4.12. The minimum Gasteiger partial charge on any atom is -0.497 e. The highest BCUT2D eigenvalue weighted by atomic mass is 16.5. The van der Waals surface area contributed by atoms with E-state index in [2.05, 4.69) is 10.1 Å². The highest BCUT2D eigenvalue weighted by Crippen LogP contribution is 2.32. The van der Waals surface area contributed by atoms with Crippen LogP contribution >= 0.6 is 0 Å². The van der Waals surface area contributed by atoms with E-state index >= 15 is 0 Å². The van der Waals surface area contributed by atoms with Gasteiger partial charge in [-0.05, 0) is 62.9 Å². The molecule has 1 fully saturated rings. The molecular weight excluding hydrogens is 344 g/mol. The monoisotopic (exact) mass is 372 g/mol. The van der Waals surface area contributed by atoms with Crippen LogP contribution in [0.1, 0.15) is 56.9 Å².